The third-order valence-corrected chi connectivity index (χ3v) is 4.20. The van der Waals surface area contributed by atoms with Gasteiger partial charge < -0.3 is 24.7 Å². The van der Waals surface area contributed by atoms with Crippen molar-refractivity contribution in [2.24, 2.45) is 5.73 Å². The molecule has 0 aromatic heterocycles. The summed E-state index contributed by atoms with van der Waals surface area (Å²) < 4.78 is 21.6. The molecule has 1 unspecified atom stereocenters. The van der Waals surface area contributed by atoms with Crippen LogP contribution >= 0.6 is 0 Å². The van der Waals surface area contributed by atoms with E-state index in [2.05, 4.69) is 0 Å². The minimum Gasteiger partial charge on any atom is -0.491 e. The number of allylic oxidation sites excluding steroid dienone is 1. The topological polar surface area (TPSA) is 121 Å². The molecule has 8 nitrogen and oxygen atoms in total. The Labute approximate surface area is 175 Å². The van der Waals surface area contributed by atoms with Crippen LogP contribution in [0.3, 0.4) is 0 Å². The van der Waals surface area contributed by atoms with Crippen molar-refractivity contribution >= 4 is 11.9 Å². The molecule has 1 atom stereocenters. The number of carbonyl (C=O) groups excluding carboxylic acids is 2. The summed E-state index contributed by atoms with van der Waals surface area (Å²) in [5.74, 6) is -1.92. The van der Waals surface area contributed by atoms with Crippen LogP contribution in [0.15, 0.2) is 47.1 Å². The van der Waals surface area contributed by atoms with E-state index in [0.29, 0.717) is 11.3 Å². The highest BCUT2D eigenvalue weighted by Gasteiger charge is 2.39. The predicted molar refractivity (Wildman–Crippen MR) is 108 cm³/mol. The van der Waals surface area contributed by atoms with Crippen LogP contribution in [-0.2, 0) is 23.8 Å². The highest BCUT2D eigenvalue weighted by Crippen LogP contribution is 2.43. The van der Waals surface area contributed by atoms with Crippen LogP contribution in [0, 0.1) is 11.3 Å². The standard InChI is InChI=1S/C22H26N2O6/c1-5-27-18(25)11-17-20(22(26)28-6-2)19(15(12-23)21(24)30-17)14-9-7-8-10-16(14)29-13(3)4/h7-10,13,19H,5-6,11,24H2,1-4H3. The Morgan fingerprint density at radius 3 is 2.47 bits per heavy atom. The monoisotopic (exact) mass is 414 g/mol. The van der Waals surface area contributed by atoms with Gasteiger partial charge in [-0.3, -0.25) is 4.79 Å². The van der Waals surface area contributed by atoms with Gasteiger partial charge in [-0.05, 0) is 33.8 Å². The van der Waals surface area contributed by atoms with Gasteiger partial charge in [-0.15, -0.1) is 0 Å². The Hall–Kier alpha value is -3.47. The summed E-state index contributed by atoms with van der Waals surface area (Å²) in [7, 11) is 0. The molecular weight excluding hydrogens is 388 g/mol. The SMILES string of the molecule is CCOC(=O)CC1=C(C(=O)OCC)C(c2ccccc2OC(C)C)C(C#N)=C(N)O1. The van der Waals surface area contributed by atoms with E-state index in [4.69, 9.17) is 24.7 Å². The van der Waals surface area contributed by atoms with Gasteiger partial charge >= 0.3 is 11.9 Å². The zero-order chi connectivity index (χ0) is 22.3. The van der Waals surface area contributed by atoms with E-state index in [1.54, 1.807) is 38.1 Å². The van der Waals surface area contributed by atoms with Crippen molar-refractivity contribution < 1.29 is 28.5 Å². The molecular formula is C22H26N2O6. The molecule has 0 saturated heterocycles. The maximum atomic E-state index is 12.9. The van der Waals surface area contributed by atoms with Crippen LogP contribution in [0.4, 0.5) is 0 Å². The van der Waals surface area contributed by atoms with Crippen LogP contribution in [0.2, 0.25) is 0 Å². The lowest BCUT2D eigenvalue weighted by molar-refractivity contribution is -0.143. The summed E-state index contributed by atoms with van der Waals surface area (Å²) >= 11 is 0. The Morgan fingerprint density at radius 1 is 1.20 bits per heavy atom. The van der Waals surface area contributed by atoms with Crippen LogP contribution < -0.4 is 10.5 Å². The second-order valence-electron chi connectivity index (χ2n) is 6.67. The van der Waals surface area contributed by atoms with Gasteiger partial charge in [0, 0.05) is 5.56 Å². The number of carbonyl (C=O) groups is 2. The average Bonchev–Trinajstić information content (AvgIpc) is 2.68. The fourth-order valence-electron chi connectivity index (χ4n) is 3.12. The molecule has 0 radical (unpaired) electrons. The number of rotatable bonds is 8. The number of para-hydroxylation sites is 1. The molecule has 0 fully saturated rings. The molecule has 30 heavy (non-hydrogen) atoms. The van der Waals surface area contributed by atoms with Crippen LogP contribution in [0.1, 0.15) is 45.6 Å². The number of benzene rings is 1. The van der Waals surface area contributed by atoms with Crippen molar-refractivity contribution in [3.63, 3.8) is 0 Å². The molecule has 1 aliphatic heterocycles. The van der Waals surface area contributed by atoms with Gasteiger partial charge in [-0.1, -0.05) is 18.2 Å². The number of nitrogens with two attached hydrogens (primary N) is 1. The van der Waals surface area contributed by atoms with Gasteiger partial charge in [0.1, 0.15) is 29.6 Å². The first-order valence-electron chi connectivity index (χ1n) is 9.72. The lowest BCUT2D eigenvalue weighted by Gasteiger charge is -2.29. The summed E-state index contributed by atoms with van der Waals surface area (Å²) in [6.07, 6.45) is -0.475. The molecule has 0 spiro atoms. The number of esters is 2. The fourth-order valence-corrected chi connectivity index (χ4v) is 3.12. The first-order valence-corrected chi connectivity index (χ1v) is 9.72. The molecule has 160 valence electrons. The molecule has 2 rings (SSSR count). The lowest BCUT2D eigenvalue weighted by atomic mass is 9.82. The molecule has 8 heteroatoms. The quantitative estimate of drug-likeness (QED) is 0.644. The fraction of sp³-hybridized carbons (Fsp3) is 0.409. The lowest BCUT2D eigenvalue weighted by Crippen LogP contribution is -2.28. The maximum absolute atomic E-state index is 12.9. The number of nitriles is 1. The predicted octanol–water partition coefficient (Wildman–Crippen LogP) is 3.05. The first kappa shape index (κ1) is 22.8. The maximum Gasteiger partial charge on any atom is 0.338 e. The largest absolute Gasteiger partial charge is 0.491 e. The molecule has 0 aliphatic carbocycles. The van der Waals surface area contributed by atoms with Crippen LogP contribution in [0.5, 0.6) is 5.75 Å². The molecule has 2 N–H and O–H groups in total. The Bertz CT molecular complexity index is 910. The molecule has 0 amide bonds. The molecule has 1 aliphatic rings. The van der Waals surface area contributed by atoms with Gasteiger partial charge in [0.05, 0.1) is 30.8 Å². The van der Waals surface area contributed by atoms with Crippen molar-refractivity contribution in [3.05, 3.63) is 52.6 Å². The Morgan fingerprint density at radius 2 is 1.87 bits per heavy atom. The van der Waals surface area contributed by atoms with E-state index in [9.17, 15) is 14.9 Å². The van der Waals surface area contributed by atoms with Gasteiger partial charge in [0.2, 0.25) is 5.88 Å². The number of ether oxygens (including phenoxy) is 4. The minimum atomic E-state index is -0.915. The first-order chi connectivity index (χ1) is 14.3. The van der Waals surface area contributed by atoms with Crippen molar-refractivity contribution in [1.82, 2.24) is 0 Å². The molecule has 1 aromatic carbocycles. The zero-order valence-corrected chi connectivity index (χ0v) is 17.6. The normalized spacial score (nSPS) is 16.1. The molecule has 0 saturated carbocycles. The molecule has 1 heterocycles. The summed E-state index contributed by atoms with van der Waals surface area (Å²) in [6.45, 7) is 7.34. The summed E-state index contributed by atoms with van der Waals surface area (Å²) in [4.78, 5) is 25.0. The smallest absolute Gasteiger partial charge is 0.338 e. The van der Waals surface area contributed by atoms with E-state index in [-0.39, 0.29) is 48.5 Å². The van der Waals surface area contributed by atoms with Crippen molar-refractivity contribution in [2.45, 2.75) is 46.1 Å². The molecule has 0 bridgehead atoms. The number of nitrogens with zero attached hydrogens (tertiary/aromatic N) is 1. The van der Waals surface area contributed by atoms with Gasteiger partial charge in [0.15, 0.2) is 0 Å². The van der Waals surface area contributed by atoms with Crippen LogP contribution in [-0.4, -0.2) is 31.3 Å². The highest BCUT2D eigenvalue weighted by atomic mass is 16.5. The highest BCUT2D eigenvalue weighted by molar-refractivity contribution is 5.94. The minimum absolute atomic E-state index is 0.00671. The van der Waals surface area contributed by atoms with Gasteiger partial charge in [0.25, 0.3) is 0 Å². The van der Waals surface area contributed by atoms with E-state index in [1.165, 1.54) is 0 Å². The summed E-state index contributed by atoms with van der Waals surface area (Å²) in [5, 5.41) is 9.77. The summed E-state index contributed by atoms with van der Waals surface area (Å²) in [5.41, 5.74) is 6.60. The third-order valence-electron chi connectivity index (χ3n) is 4.20. The van der Waals surface area contributed by atoms with Gasteiger partial charge in [-0.25, -0.2) is 4.79 Å². The Balaban J connectivity index is 2.71. The van der Waals surface area contributed by atoms with Crippen molar-refractivity contribution in [2.75, 3.05) is 13.2 Å². The second-order valence-corrected chi connectivity index (χ2v) is 6.67. The second kappa shape index (κ2) is 10.3. The van der Waals surface area contributed by atoms with Crippen molar-refractivity contribution in [3.8, 4) is 11.8 Å². The van der Waals surface area contributed by atoms with Crippen molar-refractivity contribution in [1.29, 1.82) is 5.26 Å². The van der Waals surface area contributed by atoms with Crippen LogP contribution in [0.25, 0.3) is 0 Å². The average molecular weight is 414 g/mol. The number of hydrogen-bond acceptors (Lipinski definition) is 8. The van der Waals surface area contributed by atoms with E-state index in [1.807, 2.05) is 19.9 Å². The van der Waals surface area contributed by atoms with E-state index in [0.717, 1.165) is 0 Å². The number of hydrogen-bond donors (Lipinski definition) is 1. The van der Waals surface area contributed by atoms with E-state index >= 15 is 0 Å². The summed E-state index contributed by atoms with van der Waals surface area (Å²) in [6, 6.07) is 9.05. The Kier molecular flexibility index (Phi) is 7.87. The zero-order valence-electron chi connectivity index (χ0n) is 17.6. The molecule has 1 aromatic rings. The third kappa shape index (κ3) is 5.11. The van der Waals surface area contributed by atoms with E-state index < -0.39 is 17.9 Å². The van der Waals surface area contributed by atoms with Gasteiger partial charge in [-0.2, -0.15) is 5.26 Å².